The van der Waals surface area contributed by atoms with E-state index in [2.05, 4.69) is 15.9 Å². The predicted molar refractivity (Wildman–Crippen MR) is 114 cm³/mol. The highest BCUT2D eigenvalue weighted by Gasteiger charge is 2.59. The summed E-state index contributed by atoms with van der Waals surface area (Å²) in [5.74, 6) is 0.115. The van der Waals surface area contributed by atoms with Crippen molar-refractivity contribution in [3.05, 3.63) is 72.2 Å². The van der Waals surface area contributed by atoms with Gasteiger partial charge in [-0.3, -0.25) is 20.2 Å². The second-order valence-corrected chi connectivity index (χ2v) is 8.61. The van der Waals surface area contributed by atoms with Gasteiger partial charge in [-0.2, -0.15) is 0 Å². The zero-order valence-electron chi connectivity index (χ0n) is 16.2. The third-order valence-corrected chi connectivity index (χ3v) is 6.24. The molecule has 2 aliphatic heterocycles. The molecule has 2 aromatic rings. The second-order valence-electron chi connectivity index (χ2n) is 7.69. The highest BCUT2D eigenvalue weighted by molar-refractivity contribution is 9.10. The lowest BCUT2D eigenvalue weighted by Crippen LogP contribution is -2.60. The lowest BCUT2D eigenvalue weighted by atomic mass is 9.76. The molecule has 2 heterocycles. The van der Waals surface area contributed by atoms with E-state index in [0.29, 0.717) is 21.3 Å². The molecule has 0 saturated carbocycles. The molecule has 0 aromatic heterocycles. The minimum atomic E-state index is -1.21. The number of β-amino-alcohol motifs (C(OH)–C–C–N with tert-alkyl or cyclic N) is 1. The molecule has 2 aromatic carbocycles. The first-order valence-electron chi connectivity index (χ1n) is 9.16. The standard InChI is InChI=1S/C20H18BrN3O6/c1-19(2)15-11-14(23(26)27)3-4-16(15)22(7-8-25)20(19)6-5-12-9-13(21)10-17(24(28)29)18(12)30-20/h3-6,9-11,25H,7-8H2,1-2H3/t20-/m1/s1. The van der Waals surface area contributed by atoms with Crippen molar-refractivity contribution in [2.45, 2.75) is 25.0 Å². The number of anilines is 1. The summed E-state index contributed by atoms with van der Waals surface area (Å²) in [5, 5.41) is 32.7. The molecule has 156 valence electrons. The van der Waals surface area contributed by atoms with E-state index in [4.69, 9.17) is 4.74 Å². The largest absolute Gasteiger partial charge is 0.456 e. The number of benzene rings is 2. The summed E-state index contributed by atoms with van der Waals surface area (Å²) in [7, 11) is 0. The summed E-state index contributed by atoms with van der Waals surface area (Å²) >= 11 is 3.29. The fraction of sp³-hybridized carbons (Fsp3) is 0.300. The van der Waals surface area contributed by atoms with Crippen molar-refractivity contribution >= 4 is 39.1 Å². The van der Waals surface area contributed by atoms with Crippen LogP contribution < -0.4 is 9.64 Å². The average Bonchev–Trinajstić information content (AvgIpc) is 2.86. The Hall–Kier alpha value is -2.98. The van der Waals surface area contributed by atoms with Gasteiger partial charge in [-0.1, -0.05) is 15.9 Å². The summed E-state index contributed by atoms with van der Waals surface area (Å²) in [6.45, 7) is 3.72. The van der Waals surface area contributed by atoms with Crippen molar-refractivity contribution in [3.63, 3.8) is 0 Å². The van der Waals surface area contributed by atoms with E-state index in [-0.39, 0.29) is 30.3 Å². The van der Waals surface area contributed by atoms with Crippen LogP contribution in [0.1, 0.15) is 25.0 Å². The zero-order valence-corrected chi connectivity index (χ0v) is 17.7. The number of non-ortho nitro benzene ring substituents is 1. The molecule has 0 unspecified atom stereocenters. The Balaban J connectivity index is 1.94. The number of rotatable bonds is 4. The van der Waals surface area contributed by atoms with E-state index < -0.39 is 21.0 Å². The minimum absolute atomic E-state index is 0.0575. The van der Waals surface area contributed by atoms with Gasteiger partial charge in [0.1, 0.15) is 0 Å². The molecule has 4 rings (SSSR count). The lowest BCUT2D eigenvalue weighted by molar-refractivity contribution is -0.386. The third-order valence-electron chi connectivity index (χ3n) is 5.78. The molecule has 0 radical (unpaired) electrons. The SMILES string of the molecule is CC1(C)c2cc([N+](=O)[O-])ccc2N(CCO)[C@@]12C=Cc1cc(Br)cc([N+](=O)[O-])c1O2. The highest BCUT2D eigenvalue weighted by atomic mass is 79.9. The van der Waals surface area contributed by atoms with Crippen LogP contribution in [0, 0.1) is 20.2 Å². The van der Waals surface area contributed by atoms with E-state index in [1.807, 2.05) is 13.8 Å². The molecular formula is C20H18BrN3O6. The van der Waals surface area contributed by atoms with Crippen LogP contribution in [0.2, 0.25) is 0 Å². The molecule has 1 atom stereocenters. The van der Waals surface area contributed by atoms with Crippen LogP contribution >= 0.6 is 15.9 Å². The Morgan fingerprint density at radius 2 is 1.90 bits per heavy atom. The fourth-order valence-corrected chi connectivity index (χ4v) is 4.78. The van der Waals surface area contributed by atoms with Gasteiger partial charge in [-0.15, -0.1) is 0 Å². The summed E-state index contributed by atoms with van der Waals surface area (Å²) in [6.07, 6.45) is 3.55. The summed E-state index contributed by atoms with van der Waals surface area (Å²) in [5.41, 5.74) is -0.394. The monoisotopic (exact) mass is 475 g/mol. The van der Waals surface area contributed by atoms with Gasteiger partial charge in [0.15, 0.2) is 0 Å². The maximum atomic E-state index is 11.7. The smallest absolute Gasteiger partial charge is 0.312 e. The number of nitro benzene ring substituents is 2. The number of ether oxygens (including phenoxy) is 1. The number of hydrogen-bond donors (Lipinski definition) is 1. The topological polar surface area (TPSA) is 119 Å². The van der Waals surface area contributed by atoms with E-state index in [9.17, 15) is 25.3 Å². The highest BCUT2D eigenvalue weighted by Crippen LogP contribution is 2.56. The molecule has 9 nitrogen and oxygen atoms in total. The molecule has 0 bridgehead atoms. The minimum Gasteiger partial charge on any atom is -0.456 e. The Bertz CT molecular complexity index is 1120. The molecule has 0 saturated heterocycles. The Morgan fingerprint density at radius 3 is 2.53 bits per heavy atom. The number of nitrogens with zero attached hydrogens (tertiary/aromatic N) is 3. The molecule has 2 aliphatic rings. The van der Waals surface area contributed by atoms with Crippen molar-refractivity contribution in [2.24, 2.45) is 0 Å². The van der Waals surface area contributed by atoms with E-state index in [1.54, 1.807) is 29.2 Å². The van der Waals surface area contributed by atoms with Crippen LogP contribution in [0.5, 0.6) is 5.75 Å². The summed E-state index contributed by atoms with van der Waals surface area (Å²) < 4.78 is 6.94. The van der Waals surface area contributed by atoms with E-state index in [1.165, 1.54) is 18.2 Å². The molecule has 0 fully saturated rings. The first-order valence-corrected chi connectivity index (χ1v) is 9.95. The zero-order chi connectivity index (χ0) is 21.8. The maximum Gasteiger partial charge on any atom is 0.312 e. The van der Waals surface area contributed by atoms with Crippen molar-refractivity contribution in [3.8, 4) is 5.75 Å². The first kappa shape index (κ1) is 20.3. The number of fused-ring (bicyclic) bond motifs is 2. The molecule has 0 amide bonds. The van der Waals surface area contributed by atoms with Crippen molar-refractivity contribution in [1.82, 2.24) is 0 Å². The van der Waals surface area contributed by atoms with Crippen molar-refractivity contribution in [1.29, 1.82) is 0 Å². The van der Waals surface area contributed by atoms with Gasteiger partial charge in [0.05, 0.1) is 21.9 Å². The average molecular weight is 476 g/mol. The van der Waals surface area contributed by atoms with Gasteiger partial charge in [0, 0.05) is 40.5 Å². The van der Waals surface area contributed by atoms with Crippen LogP contribution in [0.4, 0.5) is 17.1 Å². The molecule has 1 N–H and O–H groups in total. The Kier molecular flexibility index (Phi) is 4.59. The number of halogens is 1. The molecule has 0 aliphatic carbocycles. The summed E-state index contributed by atoms with van der Waals surface area (Å²) in [6, 6.07) is 7.63. The van der Waals surface area contributed by atoms with Gasteiger partial charge in [0.2, 0.25) is 11.5 Å². The molecule has 30 heavy (non-hydrogen) atoms. The van der Waals surface area contributed by atoms with E-state index in [0.717, 1.165) is 0 Å². The van der Waals surface area contributed by atoms with Crippen LogP contribution in [0.25, 0.3) is 6.08 Å². The maximum absolute atomic E-state index is 11.7. The number of nitro groups is 2. The first-order chi connectivity index (χ1) is 14.1. The van der Waals surface area contributed by atoms with Crippen molar-refractivity contribution in [2.75, 3.05) is 18.1 Å². The van der Waals surface area contributed by atoms with Gasteiger partial charge in [-0.25, -0.2) is 0 Å². The van der Waals surface area contributed by atoms with Crippen molar-refractivity contribution < 1.29 is 19.7 Å². The quantitative estimate of drug-likeness (QED) is 0.520. The fourth-order valence-electron chi connectivity index (χ4n) is 4.31. The molecular weight excluding hydrogens is 458 g/mol. The lowest BCUT2D eigenvalue weighted by Gasteiger charge is -2.46. The molecule has 10 heteroatoms. The third kappa shape index (κ3) is 2.71. The van der Waals surface area contributed by atoms with Crippen LogP contribution in [0.3, 0.4) is 0 Å². The number of hydrogen-bond acceptors (Lipinski definition) is 7. The van der Waals surface area contributed by atoms with E-state index >= 15 is 0 Å². The second kappa shape index (κ2) is 6.78. The van der Waals surface area contributed by atoms with Gasteiger partial charge >= 0.3 is 5.69 Å². The van der Waals surface area contributed by atoms with Gasteiger partial charge in [-0.05, 0) is 43.7 Å². The van der Waals surface area contributed by atoms with Gasteiger partial charge in [0.25, 0.3) is 5.69 Å². The van der Waals surface area contributed by atoms with Crippen LogP contribution in [0.15, 0.2) is 40.9 Å². The number of aliphatic hydroxyl groups is 1. The normalized spacial score (nSPS) is 20.6. The van der Waals surface area contributed by atoms with Crippen LogP contribution in [-0.2, 0) is 5.41 Å². The Morgan fingerprint density at radius 1 is 1.17 bits per heavy atom. The Labute approximate surface area is 180 Å². The predicted octanol–water partition coefficient (Wildman–Crippen LogP) is 4.16. The van der Waals surface area contributed by atoms with Gasteiger partial charge < -0.3 is 14.7 Å². The van der Waals surface area contributed by atoms with Crippen LogP contribution in [-0.4, -0.2) is 33.8 Å². The molecule has 1 spiro atoms. The number of aliphatic hydroxyl groups excluding tert-OH is 1. The summed E-state index contributed by atoms with van der Waals surface area (Å²) in [4.78, 5) is 23.8.